The number of rotatable bonds is 8. The number of nitrogens with one attached hydrogen (secondary N) is 3. The normalized spacial score (nSPS) is 10.2. The molecule has 0 aromatic heterocycles. The van der Waals surface area contributed by atoms with Crippen molar-refractivity contribution in [2.24, 2.45) is 0 Å². The van der Waals surface area contributed by atoms with Crippen LogP contribution in [0.1, 0.15) is 21.5 Å². The fraction of sp³-hybridized carbons (Fsp3) is 0.238. The lowest BCUT2D eigenvalue weighted by Crippen LogP contribution is -2.43. The highest BCUT2D eigenvalue weighted by Crippen LogP contribution is 2.16. The first kappa shape index (κ1) is 24.2. The molecule has 0 atom stereocenters. The number of aryl methyl sites for hydroxylation is 2. The van der Waals surface area contributed by atoms with Crippen LogP contribution in [0.3, 0.4) is 0 Å². The molecule has 0 aliphatic rings. The van der Waals surface area contributed by atoms with Gasteiger partial charge in [0, 0.05) is 16.3 Å². The van der Waals surface area contributed by atoms with E-state index in [1.165, 1.54) is 12.1 Å². The molecule has 2 aromatic rings. The molecule has 0 aliphatic carbocycles. The van der Waals surface area contributed by atoms with Gasteiger partial charge in [-0.25, -0.2) is 0 Å². The van der Waals surface area contributed by atoms with E-state index in [9.17, 15) is 19.2 Å². The maximum atomic E-state index is 12.0. The third-order valence-corrected chi connectivity index (χ3v) is 5.05. The van der Waals surface area contributed by atoms with Crippen molar-refractivity contribution < 1.29 is 23.9 Å². The third-order valence-electron chi connectivity index (χ3n) is 3.90. The van der Waals surface area contributed by atoms with Crippen LogP contribution in [0.25, 0.3) is 0 Å². The molecule has 8 nitrogen and oxygen atoms in total. The molecular formula is C21H22ClN3O5S. The molecule has 0 saturated heterocycles. The van der Waals surface area contributed by atoms with Crippen LogP contribution >= 0.6 is 23.4 Å². The van der Waals surface area contributed by atoms with E-state index in [1.807, 2.05) is 32.0 Å². The van der Waals surface area contributed by atoms with Gasteiger partial charge >= 0.3 is 5.97 Å². The predicted octanol–water partition coefficient (Wildman–Crippen LogP) is 2.63. The van der Waals surface area contributed by atoms with Crippen molar-refractivity contribution in [3.8, 4) is 0 Å². The number of halogens is 1. The molecule has 0 heterocycles. The molecule has 3 amide bonds. The maximum absolute atomic E-state index is 12.0. The minimum Gasteiger partial charge on any atom is -0.455 e. The minimum absolute atomic E-state index is 0.0613. The summed E-state index contributed by atoms with van der Waals surface area (Å²) in [6.07, 6.45) is 0. The van der Waals surface area contributed by atoms with E-state index in [2.05, 4.69) is 16.2 Å². The van der Waals surface area contributed by atoms with E-state index in [4.69, 9.17) is 16.3 Å². The summed E-state index contributed by atoms with van der Waals surface area (Å²) in [5, 5.41) is 3.26. The van der Waals surface area contributed by atoms with Gasteiger partial charge in [0.25, 0.3) is 11.8 Å². The number of hydrazine groups is 1. The van der Waals surface area contributed by atoms with Crippen molar-refractivity contribution >= 4 is 52.7 Å². The standard InChI is InChI=1S/C21H22ClN3O5S/c1-13-3-8-17(14(2)9-13)23-19(27)11-31-12-20(28)30-10-18(26)24-25-21(29)15-4-6-16(22)7-5-15/h3-9H,10-12H2,1-2H3,(H,23,27)(H,24,26)(H,25,29). The van der Waals surface area contributed by atoms with E-state index in [1.54, 1.807) is 12.1 Å². The summed E-state index contributed by atoms with van der Waals surface area (Å²) in [4.78, 5) is 47.2. The first-order valence-electron chi connectivity index (χ1n) is 9.20. The van der Waals surface area contributed by atoms with Crippen molar-refractivity contribution in [3.63, 3.8) is 0 Å². The van der Waals surface area contributed by atoms with Crippen molar-refractivity contribution in [1.82, 2.24) is 10.9 Å². The summed E-state index contributed by atoms with van der Waals surface area (Å²) in [7, 11) is 0. The summed E-state index contributed by atoms with van der Waals surface area (Å²) in [5.41, 5.74) is 7.41. The highest BCUT2D eigenvalue weighted by molar-refractivity contribution is 8.00. The van der Waals surface area contributed by atoms with Gasteiger partial charge in [-0.3, -0.25) is 30.0 Å². The van der Waals surface area contributed by atoms with E-state index in [0.29, 0.717) is 10.6 Å². The molecule has 3 N–H and O–H groups in total. The zero-order chi connectivity index (χ0) is 22.8. The Morgan fingerprint density at radius 2 is 1.65 bits per heavy atom. The Kier molecular flexibility index (Phi) is 9.36. The Hall–Kier alpha value is -3.04. The number of anilines is 1. The number of carbonyl (C=O) groups excluding carboxylic acids is 4. The molecule has 0 bridgehead atoms. The van der Waals surface area contributed by atoms with Gasteiger partial charge in [-0.2, -0.15) is 0 Å². The summed E-state index contributed by atoms with van der Waals surface area (Å²) < 4.78 is 4.82. The van der Waals surface area contributed by atoms with Crippen molar-refractivity contribution in [2.75, 3.05) is 23.4 Å². The maximum Gasteiger partial charge on any atom is 0.316 e. The van der Waals surface area contributed by atoms with Crippen LogP contribution in [-0.2, 0) is 19.1 Å². The van der Waals surface area contributed by atoms with Gasteiger partial charge < -0.3 is 10.1 Å². The number of hydrogen-bond acceptors (Lipinski definition) is 6. The number of benzene rings is 2. The Morgan fingerprint density at radius 3 is 2.32 bits per heavy atom. The second-order valence-electron chi connectivity index (χ2n) is 6.53. The summed E-state index contributed by atoms with van der Waals surface area (Å²) in [6.45, 7) is 3.30. The van der Waals surface area contributed by atoms with Crippen molar-refractivity contribution in [1.29, 1.82) is 0 Å². The Labute approximate surface area is 189 Å². The molecule has 10 heteroatoms. The fourth-order valence-corrected chi connectivity index (χ4v) is 3.13. The molecule has 2 aromatic carbocycles. The van der Waals surface area contributed by atoms with E-state index in [-0.39, 0.29) is 17.4 Å². The molecule has 0 aliphatic heterocycles. The number of ether oxygens (including phenoxy) is 1. The van der Waals surface area contributed by atoms with Crippen LogP contribution < -0.4 is 16.2 Å². The Balaban J connectivity index is 1.61. The summed E-state index contributed by atoms with van der Waals surface area (Å²) in [5.74, 6) is -2.16. The van der Waals surface area contributed by atoms with E-state index in [0.717, 1.165) is 28.6 Å². The number of amides is 3. The topological polar surface area (TPSA) is 114 Å². The number of hydrogen-bond donors (Lipinski definition) is 3. The van der Waals surface area contributed by atoms with Gasteiger partial charge in [-0.15, -0.1) is 11.8 Å². The number of esters is 1. The Morgan fingerprint density at radius 1 is 0.935 bits per heavy atom. The summed E-state index contributed by atoms with van der Waals surface area (Å²) >= 11 is 6.81. The van der Waals surface area contributed by atoms with Crippen LogP contribution in [0, 0.1) is 13.8 Å². The molecule has 0 radical (unpaired) electrons. The monoisotopic (exact) mass is 463 g/mol. The average Bonchev–Trinajstić information content (AvgIpc) is 2.73. The van der Waals surface area contributed by atoms with Gasteiger partial charge in [0.05, 0.1) is 11.5 Å². The van der Waals surface area contributed by atoms with Gasteiger partial charge in [0.2, 0.25) is 5.91 Å². The summed E-state index contributed by atoms with van der Waals surface area (Å²) in [6, 6.07) is 11.8. The highest BCUT2D eigenvalue weighted by Gasteiger charge is 2.12. The molecule has 0 unspecified atom stereocenters. The molecule has 0 fully saturated rings. The smallest absolute Gasteiger partial charge is 0.316 e. The molecule has 31 heavy (non-hydrogen) atoms. The Bertz CT molecular complexity index is 966. The quantitative estimate of drug-likeness (QED) is 0.409. The van der Waals surface area contributed by atoms with E-state index < -0.39 is 24.4 Å². The van der Waals surface area contributed by atoms with Gasteiger partial charge in [0.15, 0.2) is 6.61 Å². The molecule has 0 spiro atoms. The first-order valence-corrected chi connectivity index (χ1v) is 10.7. The SMILES string of the molecule is Cc1ccc(NC(=O)CSCC(=O)OCC(=O)NNC(=O)c2ccc(Cl)cc2)c(C)c1. The zero-order valence-electron chi connectivity index (χ0n) is 17.0. The molecule has 0 saturated carbocycles. The zero-order valence-corrected chi connectivity index (χ0v) is 18.6. The lowest BCUT2D eigenvalue weighted by atomic mass is 10.1. The second kappa shape index (κ2) is 12.0. The number of carbonyl (C=O) groups is 4. The van der Waals surface area contributed by atoms with Crippen LogP contribution in [0.15, 0.2) is 42.5 Å². The molecule has 164 valence electrons. The van der Waals surface area contributed by atoms with Gasteiger partial charge in [0.1, 0.15) is 0 Å². The van der Waals surface area contributed by atoms with Crippen LogP contribution in [0.4, 0.5) is 5.69 Å². The predicted molar refractivity (Wildman–Crippen MR) is 120 cm³/mol. The third kappa shape index (κ3) is 8.69. The lowest BCUT2D eigenvalue weighted by Gasteiger charge is -2.09. The fourth-order valence-electron chi connectivity index (χ4n) is 2.39. The van der Waals surface area contributed by atoms with Crippen molar-refractivity contribution in [3.05, 3.63) is 64.2 Å². The van der Waals surface area contributed by atoms with Crippen LogP contribution in [0.5, 0.6) is 0 Å². The average molecular weight is 464 g/mol. The number of thioether (sulfide) groups is 1. The van der Waals surface area contributed by atoms with Crippen LogP contribution in [0.2, 0.25) is 5.02 Å². The van der Waals surface area contributed by atoms with Crippen molar-refractivity contribution in [2.45, 2.75) is 13.8 Å². The molecule has 2 rings (SSSR count). The van der Waals surface area contributed by atoms with Crippen LogP contribution in [-0.4, -0.2) is 41.8 Å². The largest absolute Gasteiger partial charge is 0.455 e. The van der Waals surface area contributed by atoms with E-state index >= 15 is 0 Å². The first-order chi connectivity index (χ1) is 14.7. The minimum atomic E-state index is -0.701. The van der Waals surface area contributed by atoms with Gasteiger partial charge in [-0.05, 0) is 49.7 Å². The molecular weight excluding hydrogens is 442 g/mol. The second-order valence-corrected chi connectivity index (χ2v) is 7.95. The van der Waals surface area contributed by atoms with Gasteiger partial charge in [-0.1, -0.05) is 29.3 Å². The lowest BCUT2D eigenvalue weighted by molar-refractivity contribution is -0.146. The highest BCUT2D eigenvalue weighted by atomic mass is 35.5.